The zero-order chi connectivity index (χ0) is 15.6. The Morgan fingerprint density at radius 3 is 2.38 bits per heavy atom. The molecule has 5 nitrogen and oxygen atoms in total. The molecule has 1 aliphatic heterocycles. The first-order valence-electron chi connectivity index (χ1n) is 7.30. The highest BCUT2D eigenvalue weighted by molar-refractivity contribution is 5.69. The third kappa shape index (κ3) is 4.03. The number of carbonyl (C=O) groups is 1. The van der Waals surface area contributed by atoms with Crippen molar-refractivity contribution in [2.45, 2.75) is 39.3 Å². The summed E-state index contributed by atoms with van der Waals surface area (Å²) in [5, 5.41) is 9.36. The molecule has 1 aliphatic rings. The van der Waals surface area contributed by atoms with Crippen LogP contribution in [0.1, 0.15) is 27.7 Å². The van der Waals surface area contributed by atoms with Crippen LogP contribution in [-0.4, -0.2) is 47.4 Å². The normalized spacial score (nSPS) is 19.5. The van der Waals surface area contributed by atoms with Crippen molar-refractivity contribution >= 4 is 11.8 Å². The Labute approximate surface area is 126 Å². The van der Waals surface area contributed by atoms with Crippen LogP contribution in [0.3, 0.4) is 0 Å². The molecular weight excluding hydrogens is 268 g/mol. The number of carbonyl (C=O) groups excluding carboxylic acids is 1. The summed E-state index contributed by atoms with van der Waals surface area (Å²) in [5.41, 5.74) is 0.596. The Morgan fingerprint density at radius 1 is 1.24 bits per heavy atom. The minimum Gasteiger partial charge on any atom is -0.508 e. The van der Waals surface area contributed by atoms with Crippen molar-refractivity contribution in [3.8, 4) is 5.75 Å². The predicted octanol–water partition coefficient (Wildman–Crippen LogP) is 2.84. The Morgan fingerprint density at radius 2 is 1.86 bits per heavy atom. The van der Waals surface area contributed by atoms with Crippen LogP contribution in [0.25, 0.3) is 0 Å². The van der Waals surface area contributed by atoms with Crippen LogP contribution in [-0.2, 0) is 4.74 Å². The van der Waals surface area contributed by atoms with Gasteiger partial charge in [-0.15, -0.1) is 0 Å². The van der Waals surface area contributed by atoms with E-state index in [9.17, 15) is 9.90 Å². The van der Waals surface area contributed by atoms with Gasteiger partial charge in [-0.05, 0) is 52.0 Å². The van der Waals surface area contributed by atoms with Gasteiger partial charge >= 0.3 is 6.09 Å². The Kier molecular flexibility index (Phi) is 4.30. The summed E-state index contributed by atoms with van der Waals surface area (Å²) in [6.45, 7) is 9.74. The zero-order valence-electron chi connectivity index (χ0n) is 13.2. The number of nitrogens with zero attached hydrogens (tertiary/aromatic N) is 2. The number of ether oxygens (including phenoxy) is 1. The van der Waals surface area contributed by atoms with E-state index in [1.54, 1.807) is 17.0 Å². The molecule has 1 N–H and O–H groups in total. The second-order valence-corrected chi connectivity index (χ2v) is 6.49. The molecule has 0 saturated carbocycles. The molecule has 116 valence electrons. The van der Waals surface area contributed by atoms with E-state index in [0.717, 1.165) is 12.2 Å². The summed E-state index contributed by atoms with van der Waals surface area (Å²) in [7, 11) is 0. The van der Waals surface area contributed by atoms with Gasteiger partial charge in [0.25, 0.3) is 0 Å². The highest BCUT2D eigenvalue weighted by Crippen LogP contribution is 2.23. The topological polar surface area (TPSA) is 53.0 Å². The van der Waals surface area contributed by atoms with E-state index in [1.165, 1.54) is 0 Å². The van der Waals surface area contributed by atoms with Gasteiger partial charge in [-0.25, -0.2) is 4.79 Å². The molecule has 1 unspecified atom stereocenters. The van der Waals surface area contributed by atoms with Crippen LogP contribution in [0.15, 0.2) is 24.3 Å². The van der Waals surface area contributed by atoms with E-state index in [-0.39, 0.29) is 17.9 Å². The number of rotatable bonds is 1. The standard InChI is InChI=1S/C16H24N2O3/c1-12-11-17(15(20)21-16(2,3)4)9-10-18(12)13-5-7-14(19)8-6-13/h5-8,12,19H,9-11H2,1-4H3. The third-order valence-electron chi connectivity index (χ3n) is 3.46. The monoisotopic (exact) mass is 292 g/mol. The number of hydrogen-bond donors (Lipinski definition) is 1. The molecule has 1 saturated heterocycles. The van der Waals surface area contributed by atoms with E-state index >= 15 is 0 Å². The summed E-state index contributed by atoms with van der Waals surface area (Å²) in [6.07, 6.45) is -0.250. The van der Waals surface area contributed by atoms with Gasteiger partial charge in [-0.3, -0.25) is 0 Å². The fourth-order valence-corrected chi connectivity index (χ4v) is 2.48. The minimum atomic E-state index is -0.464. The van der Waals surface area contributed by atoms with Crippen molar-refractivity contribution in [3.05, 3.63) is 24.3 Å². The molecule has 1 atom stereocenters. The van der Waals surface area contributed by atoms with Crippen LogP contribution in [0.2, 0.25) is 0 Å². The number of phenols is 1. The number of anilines is 1. The van der Waals surface area contributed by atoms with Gasteiger partial charge < -0.3 is 19.6 Å². The first-order valence-corrected chi connectivity index (χ1v) is 7.30. The molecule has 1 amide bonds. The van der Waals surface area contributed by atoms with Crippen LogP contribution in [0, 0.1) is 0 Å². The van der Waals surface area contributed by atoms with Crippen molar-refractivity contribution in [2.24, 2.45) is 0 Å². The molecule has 1 fully saturated rings. The molecule has 1 aromatic carbocycles. The minimum absolute atomic E-state index is 0.204. The molecule has 0 aliphatic carbocycles. The smallest absolute Gasteiger partial charge is 0.410 e. The second kappa shape index (κ2) is 5.84. The molecule has 1 heterocycles. The molecule has 0 radical (unpaired) electrons. The highest BCUT2D eigenvalue weighted by atomic mass is 16.6. The lowest BCUT2D eigenvalue weighted by molar-refractivity contribution is 0.0219. The maximum atomic E-state index is 12.1. The Balaban J connectivity index is 1.99. The van der Waals surface area contributed by atoms with Gasteiger partial charge in [0.15, 0.2) is 0 Å². The van der Waals surface area contributed by atoms with E-state index in [4.69, 9.17) is 4.74 Å². The lowest BCUT2D eigenvalue weighted by Gasteiger charge is -2.41. The lowest BCUT2D eigenvalue weighted by atomic mass is 10.1. The van der Waals surface area contributed by atoms with Crippen molar-refractivity contribution in [1.29, 1.82) is 0 Å². The Bertz CT molecular complexity index is 493. The molecule has 0 spiro atoms. The Hall–Kier alpha value is -1.91. The number of hydrogen-bond acceptors (Lipinski definition) is 4. The summed E-state index contributed by atoms with van der Waals surface area (Å²) in [6, 6.07) is 7.37. The predicted molar refractivity (Wildman–Crippen MR) is 82.7 cm³/mol. The third-order valence-corrected chi connectivity index (χ3v) is 3.46. The number of phenolic OH excluding ortho intramolecular Hbond substituents is 1. The van der Waals surface area contributed by atoms with E-state index in [2.05, 4.69) is 11.8 Å². The van der Waals surface area contributed by atoms with Gasteiger partial charge in [0, 0.05) is 31.4 Å². The summed E-state index contributed by atoms with van der Waals surface area (Å²) in [5.74, 6) is 0.263. The van der Waals surface area contributed by atoms with E-state index in [1.807, 2.05) is 32.9 Å². The average Bonchev–Trinajstić information content (AvgIpc) is 2.38. The van der Waals surface area contributed by atoms with Crippen LogP contribution >= 0.6 is 0 Å². The fourth-order valence-electron chi connectivity index (χ4n) is 2.48. The van der Waals surface area contributed by atoms with Crippen LogP contribution in [0.4, 0.5) is 10.5 Å². The number of piperazine rings is 1. The van der Waals surface area contributed by atoms with Gasteiger partial charge in [0.05, 0.1) is 0 Å². The molecular formula is C16H24N2O3. The first-order chi connectivity index (χ1) is 9.76. The molecule has 21 heavy (non-hydrogen) atoms. The number of benzene rings is 1. The molecule has 2 rings (SSSR count). The van der Waals surface area contributed by atoms with Crippen LogP contribution in [0.5, 0.6) is 5.75 Å². The van der Waals surface area contributed by atoms with Crippen molar-refractivity contribution < 1.29 is 14.6 Å². The van der Waals surface area contributed by atoms with Crippen molar-refractivity contribution in [1.82, 2.24) is 4.90 Å². The van der Waals surface area contributed by atoms with Gasteiger partial charge in [-0.1, -0.05) is 0 Å². The molecule has 0 aromatic heterocycles. The second-order valence-electron chi connectivity index (χ2n) is 6.49. The van der Waals surface area contributed by atoms with Gasteiger partial charge in [0.1, 0.15) is 11.4 Å². The zero-order valence-corrected chi connectivity index (χ0v) is 13.2. The van der Waals surface area contributed by atoms with E-state index in [0.29, 0.717) is 13.1 Å². The lowest BCUT2D eigenvalue weighted by Crippen LogP contribution is -2.54. The SMILES string of the molecule is CC1CN(C(=O)OC(C)(C)C)CCN1c1ccc(O)cc1. The van der Waals surface area contributed by atoms with E-state index < -0.39 is 5.60 Å². The van der Waals surface area contributed by atoms with Crippen molar-refractivity contribution in [3.63, 3.8) is 0 Å². The van der Waals surface area contributed by atoms with Crippen LogP contribution < -0.4 is 4.90 Å². The summed E-state index contributed by atoms with van der Waals surface area (Å²) < 4.78 is 5.42. The molecule has 1 aromatic rings. The maximum absolute atomic E-state index is 12.1. The highest BCUT2D eigenvalue weighted by Gasteiger charge is 2.29. The summed E-state index contributed by atoms with van der Waals surface area (Å²) in [4.78, 5) is 16.1. The first kappa shape index (κ1) is 15.5. The van der Waals surface area contributed by atoms with Gasteiger partial charge in [0.2, 0.25) is 0 Å². The molecule has 0 bridgehead atoms. The fraction of sp³-hybridized carbons (Fsp3) is 0.562. The van der Waals surface area contributed by atoms with Crippen molar-refractivity contribution in [2.75, 3.05) is 24.5 Å². The summed E-state index contributed by atoms with van der Waals surface area (Å²) >= 11 is 0. The largest absolute Gasteiger partial charge is 0.508 e. The average molecular weight is 292 g/mol. The quantitative estimate of drug-likeness (QED) is 0.865. The molecule has 5 heteroatoms. The van der Waals surface area contributed by atoms with Gasteiger partial charge in [-0.2, -0.15) is 0 Å². The number of aromatic hydroxyl groups is 1. The number of amides is 1. The maximum Gasteiger partial charge on any atom is 0.410 e.